The molecule has 0 saturated carbocycles. The highest BCUT2D eigenvalue weighted by Gasteiger charge is 2.26. The van der Waals surface area contributed by atoms with Gasteiger partial charge in [0.1, 0.15) is 6.23 Å². The van der Waals surface area contributed by atoms with Crippen LogP contribution in [0.1, 0.15) is 64.7 Å². The Morgan fingerprint density at radius 2 is 2.17 bits per heavy atom. The third kappa shape index (κ3) is 2.70. The summed E-state index contributed by atoms with van der Waals surface area (Å²) < 4.78 is 7.51. The smallest absolute Gasteiger partial charge is 0.199 e. The molecular formula is C17H21N3O2S. The lowest BCUT2D eigenvalue weighted by atomic mass is 9.92. The molecule has 3 heterocycles. The summed E-state index contributed by atoms with van der Waals surface area (Å²) in [4.78, 5) is 14.2. The van der Waals surface area contributed by atoms with E-state index in [4.69, 9.17) is 10.5 Å². The van der Waals surface area contributed by atoms with Crippen LogP contribution < -0.4 is 5.73 Å². The number of ketones is 1. The van der Waals surface area contributed by atoms with Crippen LogP contribution in [0.15, 0.2) is 12.4 Å². The van der Waals surface area contributed by atoms with Crippen molar-refractivity contribution in [2.24, 2.45) is 0 Å². The van der Waals surface area contributed by atoms with Crippen molar-refractivity contribution in [1.82, 2.24) is 9.78 Å². The van der Waals surface area contributed by atoms with Gasteiger partial charge in [-0.25, -0.2) is 4.68 Å². The second-order valence-corrected chi connectivity index (χ2v) is 7.45. The lowest BCUT2D eigenvalue weighted by Gasteiger charge is -2.22. The van der Waals surface area contributed by atoms with Gasteiger partial charge in [-0.1, -0.05) is 0 Å². The van der Waals surface area contributed by atoms with Gasteiger partial charge in [0, 0.05) is 17.7 Å². The largest absolute Gasteiger partial charge is 0.390 e. The second kappa shape index (κ2) is 6.09. The molecule has 23 heavy (non-hydrogen) atoms. The van der Waals surface area contributed by atoms with Crippen molar-refractivity contribution >= 4 is 22.1 Å². The molecule has 0 spiro atoms. The van der Waals surface area contributed by atoms with Crippen LogP contribution in [0.3, 0.4) is 0 Å². The number of aryl methyl sites for hydroxylation is 1. The maximum Gasteiger partial charge on any atom is 0.199 e. The van der Waals surface area contributed by atoms with Crippen LogP contribution >= 0.6 is 11.3 Å². The lowest BCUT2D eigenvalue weighted by Crippen LogP contribution is -2.18. The Bertz CT molecular complexity index is 728. The predicted molar refractivity (Wildman–Crippen MR) is 89.9 cm³/mol. The summed E-state index contributed by atoms with van der Waals surface area (Å²) in [6.45, 7) is 0.763. The minimum absolute atomic E-state index is 0.00367. The van der Waals surface area contributed by atoms with Crippen LogP contribution in [-0.2, 0) is 17.6 Å². The van der Waals surface area contributed by atoms with Crippen LogP contribution in [0, 0.1) is 0 Å². The molecule has 2 N–H and O–H groups in total. The van der Waals surface area contributed by atoms with Crippen LogP contribution in [0.2, 0.25) is 0 Å². The van der Waals surface area contributed by atoms with Gasteiger partial charge in [0.05, 0.1) is 22.3 Å². The number of nitrogens with two attached hydrogens (primary N) is 1. The van der Waals surface area contributed by atoms with Crippen molar-refractivity contribution in [3.63, 3.8) is 0 Å². The number of aromatic nitrogens is 2. The molecule has 122 valence electrons. The molecular weight excluding hydrogens is 310 g/mol. The van der Waals surface area contributed by atoms with Crippen LogP contribution in [0.25, 0.3) is 0 Å². The first-order valence-electron chi connectivity index (χ1n) is 8.34. The minimum Gasteiger partial charge on any atom is -0.390 e. The van der Waals surface area contributed by atoms with Crippen LogP contribution in [0.4, 0.5) is 5.00 Å². The van der Waals surface area contributed by atoms with Gasteiger partial charge in [0.15, 0.2) is 5.78 Å². The van der Waals surface area contributed by atoms with Gasteiger partial charge in [0.2, 0.25) is 0 Å². The molecule has 1 aliphatic carbocycles. The topological polar surface area (TPSA) is 70.1 Å². The molecule has 0 aromatic carbocycles. The number of rotatable bonds is 3. The van der Waals surface area contributed by atoms with E-state index >= 15 is 0 Å². The lowest BCUT2D eigenvalue weighted by molar-refractivity contribution is -0.0395. The fourth-order valence-electron chi connectivity index (χ4n) is 3.53. The zero-order valence-electron chi connectivity index (χ0n) is 13.1. The highest BCUT2D eigenvalue weighted by molar-refractivity contribution is 7.16. The number of carbonyl (C=O) groups is 1. The quantitative estimate of drug-likeness (QED) is 0.876. The monoisotopic (exact) mass is 331 g/mol. The SMILES string of the molecule is Nc1sc2c(c1C(=O)c1cnn(C3CCCCO3)c1)CCCC2. The van der Waals surface area contributed by atoms with E-state index in [1.54, 1.807) is 22.2 Å². The molecule has 5 nitrogen and oxygen atoms in total. The number of ether oxygens (including phenoxy) is 1. The Balaban J connectivity index is 1.62. The number of fused-ring (bicyclic) bond motifs is 1. The van der Waals surface area contributed by atoms with Crippen LogP contribution in [-0.4, -0.2) is 22.2 Å². The number of hydrogen-bond acceptors (Lipinski definition) is 5. The summed E-state index contributed by atoms with van der Waals surface area (Å²) in [5.41, 5.74) is 8.65. The Morgan fingerprint density at radius 1 is 1.30 bits per heavy atom. The second-order valence-electron chi connectivity index (χ2n) is 6.31. The Labute approximate surface area is 139 Å². The molecule has 2 aromatic rings. The third-order valence-electron chi connectivity index (χ3n) is 4.74. The summed E-state index contributed by atoms with van der Waals surface area (Å²) in [6.07, 6.45) is 10.9. The fourth-order valence-corrected chi connectivity index (χ4v) is 4.68. The Kier molecular flexibility index (Phi) is 3.95. The zero-order chi connectivity index (χ0) is 15.8. The van der Waals surface area contributed by atoms with Crippen molar-refractivity contribution in [1.29, 1.82) is 0 Å². The molecule has 1 saturated heterocycles. The normalized spacial score (nSPS) is 21.1. The number of hydrogen-bond donors (Lipinski definition) is 1. The standard InChI is InChI=1S/C17H21N3O2S/c18-17-15(12-5-1-2-6-13(12)23-17)16(21)11-9-19-20(10-11)14-7-3-4-8-22-14/h9-10,14H,1-8,18H2. The zero-order valence-corrected chi connectivity index (χ0v) is 13.9. The molecule has 2 aromatic heterocycles. The number of nitrogens with zero attached hydrogens (tertiary/aromatic N) is 2. The maximum absolute atomic E-state index is 12.9. The van der Waals surface area contributed by atoms with Gasteiger partial charge < -0.3 is 10.5 Å². The van der Waals surface area contributed by atoms with Gasteiger partial charge in [0.25, 0.3) is 0 Å². The highest BCUT2D eigenvalue weighted by Crippen LogP contribution is 2.37. The average Bonchev–Trinajstić information content (AvgIpc) is 3.19. The van der Waals surface area contributed by atoms with Crippen molar-refractivity contribution in [3.05, 3.63) is 34.0 Å². The first-order valence-corrected chi connectivity index (χ1v) is 9.16. The number of anilines is 1. The summed E-state index contributed by atoms with van der Waals surface area (Å²) in [7, 11) is 0. The summed E-state index contributed by atoms with van der Waals surface area (Å²) in [5, 5.41) is 5.00. The first kappa shape index (κ1) is 14.9. The van der Waals surface area contributed by atoms with Gasteiger partial charge in [-0.3, -0.25) is 4.79 Å². The average molecular weight is 331 g/mol. The minimum atomic E-state index is -0.0426. The Hall–Kier alpha value is -1.66. The summed E-state index contributed by atoms with van der Waals surface area (Å²) in [5.74, 6) is 0.00367. The number of nitrogen functional groups attached to an aromatic ring is 1. The van der Waals surface area contributed by atoms with Gasteiger partial charge in [-0.2, -0.15) is 5.10 Å². The van der Waals surface area contributed by atoms with Gasteiger partial charge in [-0.05, 0) is 50.5 Å². The van der Waals surface area contributed by atoms with Crippen molar-refractivity contribution in [2.75, 3.05) is 12.3 Å². The van der Waals surface area contributed by atoms with E-state index < -0.39 is 0 Å². The van der Waals surface area contributed by atoms with E-state index in [0.717, 1.165) is 45.1 Å². The molecule has 6 heteroatoms. The van der Waals surface area contributed by atoms with E-state index in [1.807, 2.05) is 6.20 Å². The van der Waals surface area contributed by atoms with E-state index in [-0.39, 0.29) is 12.0 Å². The molecule has 1 aliphatic heterocycles. The number of thiophene rings is 1. The van der Waals surface area contributed by atoms with E-state index in [1.165, 1.54) is 16.9 Å². The van der Waals surface area contributed by atoms with Gasteiger partial charge in [-0.15, -0.1) is 11.3 Å². The van der Waals surface area contributed by atoms with Crippen molar-refractivity contribution < 1.29 is 9.53 Å². The number of carbonyl (C=O) groups excluding carboxylic acids is 1. The molecule has 0 bridgehead atoms. The molecule has 4 rings (SSSR count). The van der Waals surface area contributed by atoms with Gasteiger partial charge >= 0.3 is 0 Å². The third-order valence-corrected chi connectivity index (χ3v) is 5.86. The molecule has 1 fully saturated rings. The van der Waals surface area contributed by atoms with E-state index in [0.29, 0.717) is 16.1 Å². The van der Waals surface area contributed by atoms with Crippen molar-refractivity contribution in [2.45, 2.75) is 51.2 Å². The van der Waals surface area contributed by atoms with E-state index in [2.05, 4.69) is 5.10 Å². The Morgan fingerprint density at radius 3 is 3.00 bits per heavy atom. The first-order chi connectivity index (χ1) is 11.2. The van der Waals surface area contributed by atoms with Crippen molar-refractivity contribution in [3.8, 4) is 0 Å². The molecule has 0 amide bonds. The fraction of sp³-hybridized carbons (Fsp3) is 0.529. The summed E-state index contributed by atoms with van der Waals surface area (Å²) in [6, 6.07) is 0. The van der Waals surface area contributed by atoms with Crippen LogP contribution in [0.5, 0.6) is 0 Å². The molecule has 1 unspecified atom stereocenters. The molecule has 2 aliphatic rings. The van der Waals surface area contributed by atoms with E-state index in [9.17, 15) is 4.79 Å². The predicted octanol–water partition coefficient (Wildman–Crippen LogP) is 3.34. The highest BCUT2D eigenvalue weighted by atomic mass is 32.1. The maximum atomic E-state index is 12.9. The summed E-state index contributed by atoms with van der Waals surface area (Å²) >= 11 is 1.58. The molecule has 1 atom stereocenters. The molecule has 0 radical (unpaired) electrons.